The summed E-state index contributed by atoms with van der Waals surface area (Å²) in [7, 11) is -2.02. The van der Waals surface area contributed by atoms with Gasteiger partial charge < -0.3 is 0 Å². The molecule has 0 aromatic carbocycles. The van der Waals surface area contributed by atoms with Crippen LogP contribution in [0.4, 0.5) is 0 Å². The molecule has 1 aliphatic carbocycles. The molecule has 3 nitrogen and oxygen atoms in total. The zero-order chi connectivity index (χ0) is 8.54. The van der Waals surface area contributed by atoms with Crippen LogP contribution in [0, 0.1) is 5.41 Å². The molecule has 11 heavy (non-hydrogen) atoms. The SMILES string of the molecule is COS(=O)(=O)CC1(C)CCC1. The average Bonchev–Trinajstić information content (AvgIpc) is 1.84. The van der Waals surface area contributed by atoms with Crippen molar-refractivity contribution in [3.63, 3.8) is 0 Å². The highest BCUT2D eigenvalue weighted by Gasteiger charge is 2.36. The molecule has 0 amide bonds. The maximum Gasteiger partial charge on any atom is 0.267 e. The van der Waals surface area contributed by atoms with Gasteiger partial charge in [0, 0.05) is 0 Å². The summed E-state index contributed by atoms with van der Waals surface area (Å²) >= 11 is 0. The minimum Gasteiger partial charge on any atom is -0.273 e. The lowest BCUT2D eigenvalue weighted by Gasteiger charge is -2.37. The van der Waals surface area contributed by atoms with Crippen LogP contribution >= 0.6 is 0 Å². The average molecular weight is 178 g/mol. The van der Waals surface area contributed by atoms with Crippen LogP contribution in [-0.2, 0) is 14.3 Å². The highest BCUT2D eigenvalue weighted by atomic mass is 32.2. The molecule has 1 saturated carbocycles. The van der Waals surface area contributed by atoms with E-state index in [0.717, 1.165) is 19.3 Å². The van der Waals surface area contributed by atoms with Crippen LogP contribution in [0.3, 0.4) is 0 Å². The van der Waals surface area contributed by atoms with Crippen LogP contribution in [0.1, 0.15) is 26.2 Å². The van der Waals surface area contributed by atoms with Crippen LogP contribution in [0.15, 0.2) is 0 Å². The number of rotatable bonds is 3. The second kappa shape index (κ2) is 2.75. The highest BCUT2D eigenvalue weighted by Crippen LogP contribution is 2.41. The molecule has 4 heteroatoms. The van der Waals surface area contributed by atoms with Crippen molar-refractivity contribution in [2.75, 3.05) is 12.9 Å². The fourth-order valence-corrected chi connectivity index (χ4v) is 2.67. The third-order valence-corrected chi connectivity index (χ3v) is 3.90. The molecule has 0 heterocycles. The molecule has 0 atom stereocenters. The second-order valence-corrected chi connectivity index (χ2v) is 5.27. The van der Waals surface area contributed by atoms with Gasteiger partial charge in [-0.3, -0.25) is 4.18 Å². The third-order valence-electron chi connectivity index (χ3n) is 2.34. The molecule has 0 unspecified atom stereocenters. The molecule has 0 saturated heterocycles. The Bertz CT molecular complexity index is 226. The Morgan fingerprint density at radius 3 is 2.27 bits per heavy atom. The molecule has 0 aliphatic heterocycles. The molecular weight excluding hydrogens is 164 g/mol. The Morgan fingerprint density at radius 1 is 1.45 bits per heavy atom. The van der Waals surface area contributed by atoms with E-state index in [9.17, 15) is 8.42 Å². The minimum atomic E-state index is -3.24. The summed E-state index contributed by atoms with van der Waals surface area (Å²) < 4.78 is 26.4. The topological polar surface area (TPSA) is 43.4 Å². The lowest BCUT2D eigenvalue weighted by Crippen LogP contribution is -2.34. The van der Waals surface area contributed by atoms with Gasteiger partial charge in [-0.05, 0) is 18.3 Å². The Morgan fingerprint density at radius 2 is 2.00 bits per heavy atom. The smallest absolute Gasteiger partial charge is 0.267 e. The van der Waals surface area contributed by atoms with Crippen molar-refractivity contribution in [1.82, 2.24) is 0 Å². The standard InChI is InChI=1S/C7H14O3S/c1-7(4-3-5-7)6-11(8,9)10-2/h3-6H2,1-2H3. The van der Waals surface area contributed by atoms with Crippen LogP contribution < -0.4 is 0 Å². The van der Waals surface area contributed by atoms with Gasteiger partial charge in [-0.15, -0.1) is 0 Å². The van der Waals surface area contributed by atoms with E-state index >= 15 is 0 Å². The van der Waals surface area contributed by atoms with Gasteiger partial charge >= 0.3 is 0 Å². The zero-order valence-corrected chi connectivity index (χ0v) is 7.78. The van der Waals surface area contributed by atoms with Crippen LogP contribution in [0.2, 0.25) is 0 Å². The second-order valence-electron chi connectivity index (χ2n) is 3.53. The van der Waals surface area contributed by atoms with Gasteiger partial charge in [0.1, 0.15) is 0 Å². The van der Waals surface area contributed by atoms with E-state index in [1.165, 1.54) is 7.11 Å². The van der Waals surface area contributed by atoms with Crippen molar-refractivity contribution < 1.29 is 12.6 Å². The molecule has 1 fully saturated rings. The van der Waals surface area contributed by atoms with Crippen LogP contribution in [0.5, 0.6) is 0 Å². The van der Waals surface area contributed by atoms with Gasteiger partial charge in [-0.1, -0.05) is 13.3 Å². The maximum absolute atomic E-state index is 11.0. The largest absolute Gasteiger partial charge is 0.273 e. The summed E-state index contributed by atoms with van der Waals surface area (Å²) in [5, 5.41) is 0. The van der Waals surface area contributed by atoms with Gasteiger partial charge in [0.15, 0.2) is 0 Å². The Labute approximate surface area is 67.9 Å². The van der Waals surface area contributed by atoms with Crippen molar-refractivity contribution in [1.29, 1.82) is 0 Å². The van der Waals surface area contributed by atoms with Gasteiger partial charge in [-0.2, -0.15) is 8.42 Å². The van der Waals surface area contributed by atoms with E-state index < -0.39 is 10.1 Å². The third kappa shape index (κ3) is 2.17. The molecule has 66 valence electrons. The van der Waals surface area contributed by atoms with Crippen molar-refractivity contribution in [3.05, 3.63) is 0 Å². The van der Waals surface area contributed by atoms with E-state index in [4.69, 9.17) is 0 Å². The first-order valence-corrected chi connectivity index (χ1v) is 5.33. The molecule has 0 spiro atoms. The van der Waals surface area contributed by atoms with Crippen molar-refractivity contribution >= 4 is 10.1 Å². The number of hydrogen-bond acceptors (Lipinski definition) is 3. The first kappa shape index (κ1) is 9.00. The molecule has 0 N–H and O–H groups in total. The summed E-state index contributed by atoms with van der Waals surface area (Å²) in [6.45, 7) is 1.99. The Hall–Kier alpha value is -0.0900. The Kier molecular flexibility index (Phi) is 2.25. The lowest BCUT2D eigenvalue weighted by atomic mass is 9.72. The predicted molar refractivity (Wildman–Crippen MR) is 42.8 cm³/mol. The molecular formula is C7H14O3S. The quantitative estimate of drug-likeness (QED) is 0.609. The highest BCUT2D eigenvalue weighted by molar-refractivity contribution is 7.86. The molecule has 0 aromatic heterocycles. The van der Waals surface area contributed by atoms with Crippen molar-refractivity contribution in [2.45, 2.75) is 26.2 Å². The predicted octanol–water partition coefficient (Wildman–Crippen LogP) is 1.15. The summed E-state index contributed by atoms with van der Waals surface area (Å²) in [6.07, 6.45) is 3.17. The monoisotopic (exact) mass is 178 g/mol. The fraction of sp³-hybridized carbons (Fsp3) is 1.00. The lowest BCUT2D eigenvalue weighted by molar-refractivity contribution is 0.188. The summed E-state index contributed by atoms with van der Waals surface area (Å²) in [5.41, 5.74) is -0.00512. The van der Waals surface area contributed by atoms with E-state index in [0.29, 0.717) is 0 Å². The maximum atomic E-state index is 11.0. The van der Waals surface area contributed by atoms with Gasteiger partial charge in [0.25, 0.3) is 10.1 Å². The molecule has 1 rings (SSSR count). The Balaban J connectivity index is 2.54. The molecule has 0 radical (unpaired) electrons. The molecule has 0 aromatic rings. The van der Waals surface area contributed by atoms with E-state index in [1.807, 2.05) is 6.92 Å². The first-order chi connectivity index (χ1) is 4.97. The number of hydrogen-bond donors (Lipinski definition) is 0. The van der Waals surface area contributed by atoms with E-state index in [-0.39, 0.29) is 11.2 Å². The summed E-state index contributed by atoms with van der Waals surface area (Å²) in [6, 6.07) is 0. The molecule has 1 aliphatic rings. The van der Waals surface area contributed by atoms with Gasteiger partial charge in [0.2, 0.25) is 0 Å². The normalized spacial score (nSPS) is 22.7. The van der Waals surface area contributed by atoms with Crippen LogP contribution in [-0.4, -0.2) is 21.3 Å². The van der Waals surface area contributed by atoms with E-state index in [2.05, 4.69) is 4.18 Å². The van der Waals surface area contributed by atoms with Gasteiger partial charge in [0.05, 0.1) is 12.9 Å². The fourth-order valence-electron chi connectivity index (χ4n) is 1.41. The first-order valence-electron chi connectivity index (χ1n) is 3.76. The zero-order valence-electron chi connectivity index (χ0n) is 6.96. The summed E-state index contributed by atoms with van der Waals surface area (Å²) in [4.78, 5) is 0. The van der Waals surface area contributed by atoms with Crippen molar-refractivity contribution in [2.24, 2.45) is 5.41 Å². The van der Waals surface area contributed by atoms with Crippen LogP contribution in [0.25, 0.3) is 0 Å². The van der Waals surface area contributed by atoms with Gasteiger partial charge in [-0.25, -0.2) is 0 Å². The van der Waals surface area contributed by atoms with Crippen molar-refractivity contribution in [3.8, 4) is 0 Å². The van der Waals surface area contributed by atoms with E-state index in [1.54, 1.807) is 0 Å². The molecule has 0 bridgehead atoms. The minimum absolute atomic E-state index is 0.00512. The summed E-state index contributed by atoms with van der Waals surface area (Å²) in [5.74, 6) is 0.177.